The zero-order valence-electron chi connectivity index (χ0n) is 17.4. The van der Waals surface area contributed by atoms with Crippen LogP contribution in [0.25, 0.3) is 11.5 Å². The number of halogens is 1. The molecule has 32 heavy (non-hydrogen) atoms. The van der Waals surface area contributed by atoms with Gasteiger partial charge in [-0.15, -0.1) is 10.2 Å². The average Bonchev–Trinajstić information content (AvgIpc) is 3.31. The summed E-state index contributed by atoms with van der Waals surface area (Å²) in [6.07, 6.45) is 1.78. The molecule has 4 rings (SSSR count). The van der Waals surface area contributed by atoms with Crippen LogP contribution in [0.4, 0.5) is 4.39 Å². The number of benzene rings is 2. The van der Waals surface area contributed by atoms with Gasteiger partial charge >= 0.3 is 5.97 Å². The Morgan fingerprint density at radius 1 is 1.09 bits per heavy atom. The summed E-state index contributed by atoms with van der Waals surface area (Å²) < 4.78 is 51.2. The predicted octanol–water partition coefficient (Wildman–Crippen LogP) is 3.97. The highest BCUT2D eigenvalue weighted by Crippen LogP contribution is 2.25. The van der Waals surface area contributed by atoms with Crippen molar-refractivity contribution in [1.29, 1.82) is 0 Å². The molecule has 0 radical (unpaired) electrons. The van der Waals surface area contributed by atoms with Crippen LogP contribution >= 0.6 is 0 Å². The van der Waals surface area contributed by atoms with Crippen LogP contribution in [0.15, 0.2) is 57.8 Å². The molecule has 1 aliphatic heterocycles. The van der Waals surface area contributed by atoms with E-state index in [9.17, 15) is 17.6 Å². The van der Waals surface area contributed by atoms with E-state index in [0.29, 0.717) is 18.7 Å². The summed E-state index contributed by atoms with van der Waals surface area (Å²) in [5.74, 6) is -0.873. The number of rotatable bonds is 6. The first-order valence-corrected chi connectivity index (χ1v) is 11.7. The number of hydrogen-bond donors (Lipinski definition) is 0. The third kappa shape index (κ3) is 4.71. The number of nitrogens with zero attached hydrogens (tertiary/aromatic N) is 3. The minimum absolute atomic E-state index is 0.0536. The summed E-state index contributed by atoms with van der Waals surface area (Å²) in [5.41, 5.74) is 0.632. The number of aromatic nitrogens is 2. The molecule has 10 heteroatoms. The first-order valence-electron chi connectivity index (χ1n) is 10.2. The van der Waals surface area contributed by atoms with Gasteiger partial charge in [0.05, 0.1) is 10.5 Å². The van der Waals surface area contributed by atoms with Gasteiger partial charge < -0.3 is 9.15 Å². The van der Waals surface area contributed by atoms with Gasteiger partial charge in [-0.3, -0.25) is 0 Å². The van der Waals surface area contributed by atoms with Crippen molar-refractivity contribution in [3.05, 3.63) is 65.8 Å². The summed E-state index contributed by atoms with van der Waals surface area (Å²) in [6, 6.07) is 11.3. The van der Waals surface area contributed by atoms with Crippen molar-refractivity contribution < 1.29 is 26.8 Å². The van der Waals surface area contributed by atoms with E-state index in [4.69, 9.17) is 9.15 Å². The topological polar surface area (TPSA) is 103 Å². The molecular formula is C22H22FN3O5S. The molecule has 1 aromatic heterocycles. The van der Waals surface area contributed by atoms with E-state index in [0.717, 1.165) is 19.3 Å². The molecule has 1 atom stereocenters. The van der Waals surface area contributed by atoms with Gasteiger partial charge in [-0.25, -0.2) is 17.6 Å². The molecule has 0 saturated carbocycles. The van der Waals surface area contributed by atoms with E-state index in [2.05, 4.69) is 10.2 Å². The Kier molecular flexibility index (Phi) is 6.33. The van der Waals surface area contributed by atoms with E-state index >= 15 is 0 Å². The van der Waals surface area contributed by atoms with Crippen LogP contribution in [-0.2, 0) is 14.8 Å². The maximum absolute atomic E-state index is 13.1. The molecule has 2 aromatic carbocycles. The Labute approximate surface area is 185 Å². The summed E-state index contributed by atoms with van der Waals surface area (Å²) in [5, 5.41) is 7.79. The number of esters is 1. The second-order valence-electron chi connectivity index (χ2n) is 7.49. The van der Waals surface area contributed by atoms with Crippen LogP contribution in [0.3, 0.4) is 0 Å². The summed E-state index contributed by atoms with van der Waals surface area (Å²) >= 11 is 0. The highest BCUT2D eigenvalue weighted by molar-refractivity contribution is 7.89. The van der Waals surface area contributed by atoms with Gasteiger partial charge in [0, 0.05) is 18.7 Å². The molecule has 8 nitrogen and oxygen atoms in total. The lowest BCUT2D eigenvalue weighted by Crippen LogP contribution is -2.35. The quantitative estimate of drug-likeness (QED) is 0.514. The van der Waals surface area contributed by atoms with Crippen molar-refractivity contribution in [3.63, 3.8) is 0 Å². The Hall–Kier alpha value is -3.11. The molecular weight excluding hydrogens is 437 g/mol. The number of carbonyl (C=O) groups excluding carboxylic acids is 1. The minimum Gasteiger partial charge on any atom is -0.449 e. The van der Waals surface area contributed by atoms with E-state index in [1.165, 1.54) is 52.8 Å². The molecule has 0 bridgehead atoms. The van der Waals surface area contributed by atoms with Gasteiger partial charge in [0.25, 0.3) is 5.89 Å². The Morgan fingerprint density at radius 2 is 1.81 bits per heavy atom. The number of hydrogen-bond acceptors (Lipinski definition) is 7. The van der Waals surface area contributed by atoms with Crippen molar-refractivity contribution in [3.8, 4) is 11.5 Å². The summed E-state index contributed by atoms with van der Waals surface area (Å²) in [7, 11) is -3.67. The fraction of sp³-hybridized carbons (Fsp3) is 0.318. The normalized spacial score (nSPS) is 15.9. The molecule has 0 amide bonds. The van der Waals surface area contributed by atoms with Gasteiger partial charge in [-0.05, 0) is 62.2 Å². The van der Waals surface area contributed by atoms with Crippen LogP contribution in [-0.4, -0.2) is 42.0 Å². The molecule has 1 aliphatic rings. The maximum atomic E-state index is 13.1. The van der Waals surface area contributed by atoms with Gasteiger partial charge in [0.2, 0.25) is 15.9 Å². The van der Waals surface area contributed by atoms with Crippen LogP contribution in [0.5, 0.6) is 0 Å². The van der Waals surface area contributed by atoms with Crippen LogP contribution in [0, 0.1) is 5.82 Å². The van der Waals surface area contributed by atoms with Crippen LogP contribution in [0.1, 0.15) is 48.5 Å². The van der Waals surface area contributed by atoms with Crippen LogP contribution < -0.4 is 0 Å². The fourth-order valence-corrected chi connectivity index (χ4v) is 4.99. The average molecular weight is 459 g/mol. The number of piperidine rings is 1. The second kappa shape index (κ2) is 9.17. The first kappa shape index (κ1) is 22.1. The van der Waals surface area contributed by atoms with Gasteiger partial charge in [-0.2, -0.15) is 4.31 Å². The third-order valence-corrected chi connectivity index (χ3v) is 7.08. The monoisotopic (exact) mass is 459 g/mol. The molecule has 168 valence electrons. The largest absolute Gasteiger partial charge is 0.449 e. The zero-order valence-corrected chi connectivity index (χ0v) is 18.2. The standard InChI is InChI=1S/C22H22FN3O5S/c1-15(20-24-25-21(31-20)16-8-10-18(23)11-9-16)30-22(27)17-6-5-7-19(14-17)32(28,29)26-12-3-2-4-13-26/h5-11,14-15H,2-4,12-13H2,1H3/t15-/m0/s1. The van der Waals surface area contributed by atoms with E-state index in [1.807, 2.05) is 0 Å². The number of ether oxygens (including phenoxy) is 1. The van der Waals surface area contributed by atoms with Gasteiger partial charge in [0.1, 0.15) is 5.82 Å². The Morgan fingerprint density at radius 3 is 2.53 bits per heavy atom. The number of sulfonamides is 1. The second-order valence-corrected chi connectivity index (χ2v) is 9.43. The van der Waals surface area contributed by atoms with Crippen LogP contribution in [0.2, 0.25) is 0 Å². The highest BCUT2D eigenvalue weighted by atomic mass is 32.2. The molecule has 2 heterocycles. The van der Waals surface area contributed by atoms with Crippen molar-refractivity contribution in [2.24, 2.45) is 0 Å². The maximum Gasteiger partial charge on any atom is 0.338 e. The SMILES string of the molecule is C[C@H](OC(=O)c1cccc(S(=O)(=O)N2CCCCC2)c1)c1nnc(-c2ccc(F)cc2)o1. The highest BCUT2D eigenvalue weighted by Gasteiger charge is 2.27. The van der Waals surface area contributed by atoms with Crippen molar-refractivity contribution in [2.75, 3.05) is 13.1 Å². The number of carbonyl (C=O) groups is 1. The predicted molar refractivity (Wildman–Crippen MR) is 113 cm³/mol. The van der Waals surface area contributed by atoms with Gasteiger partial charge in [-0.1, -0.05) is 12.5 Å². The van der Waals surface area contributed by atoms with E-state index < -0.39 is 22.1 Å². The molecule has 0 N–H and O–H groups in total. The van der Waals surface area contributed by atoms with Gasteiger partial charge in [0.15, 0.2) is 6.10 Å². The lowest BCUT2D eigenvalue weighted by molar-refractivity contribution is 0.0279. The molecule has 3 aromatic rings. The Bertz CT molecular complexity index is 1200. The molecule has 1 fully saturated rings. The fourth-order valence-electron chi connectivity index (χ4n) is 3.42. The smallest absolute Gasteiger partial charge is 0.338 e. The minimum atomic E-state index is -3.67. The molecule has 0 aliphatic carbocycles. The van der Waals surface area contributed by atoms with E-state index in [-0.39, 0.29) is 28.1 Å². The lowest BCUT2D eigenvalue weighted by atomic mass is 10.2. The van der Waals surface area contributed by atoms with Crippen molar-refractivity contribution in [1.82, 2.24) is 14.5 Å². The lowest BCUT2D eigenvalue weighted by Gasteiger charge is -2.26. The first-order chi connectivity index (χ1) is 15.3. The summed E-state index contributed by atoms with van der Waals surface area (Å²) in [4.78, 5) is 12.7. The molecule has 0 spiro atoms. The van der Waals surface area contributed by atoms with E-state index in [1.54, 1.807) is 6.92 Å². The molecule has 0 unspecified atom stereocenters. The molecule has 1 saturated heterocycles. The summed E-state index contributed by atoms with van der Waals surface area (Å²) in [6.45, 7) is 2.51. The Balaban J connectivity index is 1.47. The third-order valence-electron chi connectivity index (χ3n) is 5.19. The van der Waals surface area contributed by atoms with Crippen molar-refractivity contribution in [2.45, 2.75) is 37.2 Å². The zero-order chi connectivity index (χ0) is 22.7. The van der Waals surface area contributed by atoms with Crippen molar-refractivity contribution >= 4 is 16.0 Å².